The first-order valence-corrected chi connectivity index (χ1v) is 4.27. The maximum Gasteiger partial charge on any atom is 0.458 e. The summed E-state index contributed by atoms with van der Waals surface area (Å²) in [6.45, 7) is 0.110. The Morgan fingerprint density at radius 1 is 1.44 bits per heavy atom. The first-order valence-electron chi connectivity index (χ1n) is 4.27. The summed E-state index contributed by atoms with van der Waals surface area (Å²) in [6, 6.07) is 1.75. The lowest BCUT2D eigenvalue weighted by Crippen LogP contribution is -2.12. The highest BCUT2D eigenvalue weighted by Crippen LogP contribution is 2.29. The van der Waals surface area contributed by atoms with Crippen LogP contribution in [0.3, 0.4) is 0 Å². The molecule has 0 atom stereocenters. The van der Waals surface area contributed by atoms with Crippen molar-refractivity contribution in [2.24, 2.45) is 5.73 Å². The van der Waals surface area contributed by atoms with Gasteiger partial charge in [0.05, 0.1) is 0 Å². The molecule has 0 aromatic carbocycles. The van der Waals surface area contributed by atoms with Crippen molar-refractivity contribution in [3.05, 3.63) is 33.5 Å². The number of alkyl halides is 3. The van der Waals surface area contributed by atoms with Gasteiger partial charge in [0, 0.05) is 6.07 Å². The molecule has 0 amide bonds. The van der Waals surface area contributed by atoms with E-state index in [4.69, 9.17) is 5.73 Å². The molecule has 1 rings (SSSR count). The SMILES string of the molecule is NCCc1cc([N+](=O)[O-])nc(C(F)(F)F)c1. The molecule has 88 valence electrons. The molecule has 0 spiro atoms. The summed E-state index contributed by atoms with van der Waals surface area (Å²) < 4.78 is 37.0. The monoisotopic (exact) mass is 235 g/mol. The number of nitrogens with two attached hydrogens (primary N) is 1. The van der Waals surface area contributed by atoms with Gasteiger partial charge in [-0.3, -0.25) is 0 Å². The minimum absolute atomic E-state index is 0.110. The summed E-state index contributed by atoms with van der Waals surface area (Å²) >= 11 is 0. The third kappa shape index (κ3) is 2.89. The molecule has 16 heavy (non-hydrogen) atoms. The maximum atomic E-state index is 12.3. The molecule has 1 heterocycles. The van der Waals surface area contributed by atoms with Gasteiger partial charge in [0.1, 0.15) is 0 Å². The Kier molecular flexibility index (Phi) is 3.43. The molecule has 0 saturated carbocycles. The van der Waals surface area contributed by atoms with E-state index >= 15 is 0 Å². The van der Waals surface area contributed by atoms with Gasteiger partial charge < -0.3 is 15.8 Å². The average molecular weight is 235 g/mol. The number of hydrogen-bond acceptors (Lipinski definition) is 4. The maximum absolute atomic E-state index is 12.3. The Balaban J connectivity index is 3.24. The molecule has 1 aromatic rings. The van der Waals surface area contributed by atoms with Crippen LogP contribution in [0.15, 0.2) is 12.1 Å². The summed E-state index contributed by atoms with van der Waals surface area (Å²) in [5, 5.41) is 10.4. The Hall–Kier alpha value is -1.70. The Morgan fingerprint density at radius 2 is 2.06 bits per heavy atom. The predicted molar refractivity (Wildman–Crippen MR) is 48.7 cm³/mol. The molecule has 5 nitrogen and oxygen atoms in total. The van der Waals surface area contributed by atoms with E-state index in [0.717, 1.165) is 12.1 Å². The molecular formula is C8H8F3N3O2. The van der Waals surface area contributed by atoms with Crippen LogP contribution in [0.5, 0.6) is 0 Å². The van der Waals surface area contributed by atoms with Crippen molar-refractivity contribution in [2.45, 2.75) is 12.6 Å². The van der Waals surface area contributed by atoms with Crippen molar-refractivity contribution in [3.63, 3.8) is 0 Å². The van der Waals surface area contributed by atoms with Gasteiger partial charge in [0.15, 0.2) is 0 Å². The van der Waals surface area contributed by atoms with Crippen LogP contribution in [-0.2, 0) is 12.6 Å². The second-order valence-corrected chi connectivity index (χ2v) is 3.01. The van der Waals surface area contributed by atoms with Crippen LogP contribution < -0.4 is 5.73 Å². The molecule has 0 fully saturated rings. The van der Waals surface area contributed by atoms with Gasteiger partial charge in [-0.05, 0) is 34.5 Å². The van der Waals surface area contributed by atoms with Crippen molar-refractivity contribution in [2.75, 3.05) is 6.54 Å². The largest absolute Gasteiger partial charge is 0.458 e. The van der Waals surface area contributed by atoms with E-state index in [9.17, 15) is 23.3 Å². The lowest BCUT2D eigenvalue weighted by molar-refractivity contribution is -0.390. The van der Waals surface area contributed by atoms with Crippen LogP contribution in [0.25, 0.3) is 0 Å². The second kappa shape index (κ2) is 4.44. The highest BCUT2D eigenvalue weighted by molar-refractivity contribution is 5.30. The first-order chi connectivity index (χ1) is 7.34. The van der Waals surface area contributed by atoms with Crippen molar-refractivity contribution < 1.29 is 18.1 Å². The fourth-order valence-electron chi connectivity index (χ4n) is 1.12. The lowest BCUT2D eigenvalue weighted by atomic mass is 10.1. The zero-order chi connectivity index (χ0) is 12.3. The summed E-state index contributed by atoms with van der Waals surface area (Å²) in [6.07, 6.45) is -4.57. The quantitative estimate of drug-likeness (QED) is 0.635. The van der Waals surface area contributed by atoms with E-state index in [1.54, 1.807) is 0 Å². The van der Waals surface area contributed by atoms with Gasteiger partial charge >= 0.3 is 12.0 Å². The average Bonchev–Trinajstić information content (AvgIpc) is 2.16. The van der Waals surface area contributed by atoms with E-state index in [0.29, 0.717) is 0 Å². The predicted octanol–water partition coefficient (Wildman–Crippen LogP) is 1.51. The molecule has 0 saturated heterocycles. The van der Waals surface area contributed by atoms with Crippen LogP contribution in [0.1, 0.15) is 11.3 Å². The van der Waals surface area contributed by atoms with Gasteiger partial charge in [-0.25, -0.2) is 0 Å². The standard InChI is InChI=1S/C8H8F3N3O2/c9-8(10,11)6-3-5(1-2-12)4-7(13-6)14(15)16/h3-4H,1-2,12H2. The molecular weight excluding hydrogens is 227 g/mol. The summed E-state index contributed by atoms with van der Waals surface area (Å²) in [4.78, 5) is 12.3. The molecule has 1 aromatic heterocycles. The van der Waals surface area contributed by atoms with Crippen molar-refractivity contribution >= 4 is 5.82 Å². The molecule has 0 unspecified atom stereocenters. The molecule has 2 N–H and O–H groups in total. The fourth-order valence-corrected chi connectivity index (χ4v) is 1.12. The fraction of sp³-hybridized carbons (Fsp3) is 0.375. The highest BCUT2D eigenvalue weighted by atomic mass is 19.4. The van der Waals surface area contributed by atoms with Crippen molar-refractivity contribution in [1.29, 1.82) is 0 Å². The summed E-state index contributed by atoms with van der Waals surface area (Å²) in [5.41, 5.74) is 4.05. The van der Waals surface area contributed by atoms with E-state index in [1.165, 1.54) is 0 Å². The van der Waals surface area contributed by atoms with E-state index in [-0.39, 0.29) is 18.5 Å². The first kappa shape index (κ1) is 12.4. The number of nitrogens with zero attached hydrogens (tertiary/aromatic N) is 2. The molecule has 0 aliphatic rings. The Bertz CT molecular complexity index is 406. The van der Waals surface area contributed by atoms with Crippen molar-refractivity contribution in [3.8, 4) is 0 Å². The van der Waals surface area contributed by atoms with E-state index in [1.807, 2.05) is 0 Å². The van der Waals surface area contributed by atoms with Crippen LogP contribution in [-0.4, -0.2) is 16.5 Å². The lowest BCUT2D eigenvalue weighted by Gasteiger charge is -2.04. The molecule has 0 bridgehead atoms. The highest BCUT2D eigenvalue weighted by Gasteiger charge is 2.38. The topological polar surface area (TPSA) is 82.0 Å². The van der Waals surface area contributed by atoms with Crippen LogP contribution >= 0.6 is 0 Å². The number of nitro groups is 1. The minimum Gasteiger partial charge on any atom is -0.358 e. The van der Waals surface area contributed by atoms with Gasteiger partial charge in [-0.1, -0.05) is 0 Å². The van der Waals surface area contributed by atoms with Crippen LogP contribution in [0, 0.1) is 10.1 Å². The second-order valence-electron chi connectivity index (χ2n) is 3.01. The number of aromatic nitrogens is 1. The van der Waals surface area contributed by atoms with Gasteiger partial charge in [0.25, 0.3) is 5.69 Å². The summed E-state index contributed by atoms with van der Waals surface area (Å²) in [7, 11) is 0. The van der Waals surface area contributed by atoms with Crippen LogP contribution in [0.2, 0.25) is 0 Å². The van der Waals surface area contributed by atoms with Gasteiger partial charge in [-0.15, -0.1) is 0 Å². The third-order valence-electron chi connectivity index (χ3n) is 1.78. The van der Waals surface area contributed by atoms with Crippen LogP contribution in [0.4, 0.5) is 19.0 Å². The van der Waals surface area contributed by atoms with Gasteiger partial charge in [-0.2, -0.15) is 13.2 Å². The Labute approximate surface area is 88.2 Å². The number of hydrogen-bond donors (Lipinski definition) is 1. The number of pyridine rings is 1. The number of halogens is 3. The third-order valence-corrected chi connectivity index (χ3v) is 1.78. The number of rotatable bonds is 3. The molecule has 0 aliphatic carbocycles. The zero-order valence-electron chi connectivity index (χ0n) is 7.99. The van der Waals surface area contributed by atoms with E-state index < -0.39 is 22.6 Å². The van der Waals surface area contributed by atoms with Gasteiger partial charge in [0.2, 0.25) is 0 Å². The zero-order valence-corrected chi connectivity index (χ0v) is 7.99. The molecule has 0 radical (unpaired) electrons. The smallest absolute Gasteiger partial charge is 0.358 e. The molecule has 8 heteroatoms. The minimum atomic E-state index is -4.70. The van der Waals surface area contributed by atoms with E-state index in [2.05, 4.69) is 4.98 Å². The molecule has 0 aliphatic heterocycles. The normalized spacial score (nSPS) is 11.5. The summed E-state index contributed by atoms with van der Waals surface area (Å²) in [5.74, 6) is -0.821. The Morgan fingerprint density at radius 3 is 2.50 bits per heavy atom. The van der Waals surface area contributed by atoms with Crippen molar-refractivity contribution in [1.82, 2.24) is 4.98 Å².